The van der Waals surface area contributed by atoms with Gasteiger partial charge < -0.3 is 4.84 Å². The molecule has 70 valence electrons. The smallest absolute Gasteiger partial charge is 0.0775 e. The molecule has 2 nitrogen and oxygen atoms in total. The van der Waals surface area contributed by atoms with Crippen molar-refractivity contribution in [3.05, 3.63) is 34.9 Å². The summed E-state index contributed by atoms with van der Waals surface area (Å²) in [5.74, 6) is 5.10. The highest BCUT2D eigenvalue weighted by Crippen LogP contribution is 2.48. The molecule has 1 aliphatic rings. The molecule has 0 aromatic heterocycles. The van der Waals surface area contributed by atoms with Crippen LogP contribution in [0.2, 0.25) is 5.02 Å². The van der Waals surface area contributed by atoms with Gasteiger partial charge in [-0.05, 0) is 30.5 Å². The number of hydrogen-bond donors (Lipinski definition) is 1. The van der Waals surface area contributed by atoms with Gasteiger partial charge in [-0.1, -0.05) is 23.7 Å². The van der Waals surface area contributed by atoms with Crippen molar-refractivity contribution in [1.29, 1.82) is 0 Å². The van der Waals surface area contributed by atoms with Crippen LogP contribution < -0.4 is 5.90 Å². The zero-order valence-corrected chi connectivity index (χ0v) is 8.05. The topological polar surface area (TPSA) is 35.2 Å². The molecule has 0 saturated heterocycles. The lowest BCUT2D eigenvalue weighted by Crippen LogP contribution is -2.17. The van der Waals surface area contributed by atoms with E-state index in [4.69, 9.17) is 22.3 Å². The molecule has 1 aliphatic carbocycles. The second-order valence-corrected chi connectivity index (χ2v) is 4.03. The summed E-state index contributed by atoms with van der Waals surface area (Å²) in [4.78, 5) is 4.72. The van der Waals surface area contributed by atoms with E-state index in [2.05, 4.69) is 0 Å². The second-order valence-electron chi connectivity index (χ2n) is 3.60. The van der Waals surface area contributed by atoms with Gasteiger partial charge in [-0.2, -0.15) is 0 Å². The molecule has 1 aromatic rings. The van der Waals surface area contributed by atoms with Crippen LogP contribution in [0.5, 0.6) is 0 Å². The summed E-state index contributed by atoms with van der Waals surface area (Å²) in [6.45, 7) is 0.606. The van der Waals surface area contributed by atoms with Gasteiger partial charge in [0.2, 0.25) is 0 Å². The summed E-state index contributed by atoms with van der Waals surface area (Å²) in [6, 6.07) is 7.92. The van der Waals surface area contributed by atoms with Crippen molar-refractivity contribution in [3.63, 3.8) is 0 Å². The fraction of sp³-hybridized carbons (Fsp3) is 0.400. The third-order valence-electron chi connectivity index (χ3n) is 2.67. The van der Waals surface area contributed by atoms with Crippen molar-refractivity contribution >= 4 is 11.6 Å². The fourth-order valence-corrected chi connectivity index (χ4v) is 1.76. The Bertz CT molecular complexity index is 292. The Hall–Kier alpha value is -0.570. The lowest BCUT2D eigenvalue weighted by molar-refractivity contribution is 0.116. The molecule has 0 atom stereocenters. The molecule has 0 spiro atoms. The van der Waals surface area contributed by atoms with E-state index in [1.807, 2.05) is 24.3 Å². The standard InChI is InChI=1S/C10H12ClNO/c11-9-3-1-8(2-4-9)10(5-6-10)7-13-12/h1-4H,5-7,12H2. The largest absolute Gasteiger partial charge is 0.304 e. The van der Waals surface area contributed by atoms with Crippen LogP contribution in [0.4, 0.5) is 0 Å². The Morgan fingerprint density at radius 1 is 1.31 bits per heavy atom. The van der Waals surface area contributed by atoms with Crippen LogP contribution in [0.25, 0.3) is 0 Å². The lowest BCUT2D eigenvalue weighted by Gasteiger charge is -2.13. The van der Waals surface area contributed by atoms with E-state index < -0.39 is 0 Å². The maximum atomic E-state index is 5.80. The molecule has 1 aromatic carbocycles. The van der Waals surface area contributed by atoms with E-state index in [9.17, 15) is 0 Å². The van der Waals surface area contributed by atoms with Crippen molar-refractivity contribution in [2.75, 3.05) is 6.61 Å². The van der Waals surface area contributed by atoms with Gasteiger partial charge in [-0.15, -0.1) is 0 Å². The molecule has 0 bridgehead atoms. The molecule has 13 heavy (non-hydrogen) atoms. The normalized spacial score (nSPS) is 18.6. The van der Waals surface area contributed by atoms with E-state index in [0.29, 0.717) is 6.61 Å². The van der Waals surface area contributed by atoms with Gasteiger partial charge in [-0.3, -0.25) is 0 Å². The second kappa shape index (κ2) is 3.29. The Kier molecular flexibility index (Phi) is 2.28. The summed E-state index contributed by atoms with van der Waals surface area (Å²) in [6.07, 6.45) is 2.32. The number of benzene rings is 1. The van der Waals surface area contributed by atoms with E-state index >= 15 is 0 Å². The fourth-order valence-electron chi connectivity index (χ4n) is 1.63. The maximum absolute atomic E-state index is 5.80. The number of rotatable bonds is 3. The van der Waals surface area contributed by atoms with Crippen LogP contribution in [-0.4, -0.2) is 6.61 Å². The molecule has 2 N–H and O–H groups in total. The molecule has 0 amide bonds. The quantitative estimate of drug-likeness (QED) is 0.755. The third kappa shape index (κ3) is 1.70. The minimum Gasteiger partial charge on any atom is -0.304 e. The van der Waals surface area contributed by atoms with Crippen molar-refractivity contribution < 1.29 is 4.84 Å². The summed E-state index contributed by atoms with van der Waals surface area (Å²) < 4.78 is 0. The highest BCUT2D eigenvalue weighted by atomic mass is 35.5. The lowest BCUT2D eigenvalue weighted by atomic mass is 9.97. The molecular weight excluding hydrogens is 186 g/mol. The van der Waals surface area contributed by atoms with Crippen LogP contribution in [0, 0.1) is 0 Å². The minimum absolute atomic E-state index is 0.180. The van der Waals surface area contributed by atoms with Gasteiger partial charge in [0, 0.05) is 10.4 Å². The van der Waals surface area contributed by atoms with Gasteiger partial charge in [0.15, 0.2) is 0 Å². The molecule has 1 fully saturated rings. The van der Waals surface area contributed by atoms with Crippen molar-refractivity contribution in [2.24, 2.45) is 5.90 Å². The van der Waals surface area contributed by atoms with Crippen molar-refractivity contribution in [2.45, 2.75) is 18.3 Å². The Balaban J connectivity index is 2.20. The Morgan fingerprint density at radius 2 is 1.92 bits per heavy atom. The predicted octanol–water partition coefficient (Wildman–Crippen LogP) is 2.26. The molecule has 3 heteroatoms. The summed E-state index contributed by atoms with van der Waals surface area (Å²) in [5.41, 5.74) is 1.46. The number of hydrogen-bond acceptors (Lipinski definition) is 2. The first-order valence-electron chi connectivity index (χ1n) is 4.35. The monoisotopic (exact) mass is 197 g/mol. The van der Waals surface area contributed by atoms with Crippen LogP contribution in [0.3, 0.4) is 0 Å². The summed E-state index contributed by atoms with van der Waals surface area (Å²) in [7, 11) is 0. The van der Waals surface area contributed by atoms with Crippen molar-refractivity contribution in [1.82, 2.24) is 0 Å². The van der Waals surface area contributed by atoms with E-state index in [1.54, 1.807) is 0 Å². The van der Waals surface area contributed by atoms with Crippen molar-refractivity contribution in [3.8, 4) is 0 Å². The van der Waals surface area contributed by atoms with Gasteiger partial charge in [0.25, 0.3) is 0 Å². The summed E-state index contributed by atoms with van der Waals surface area (Å²) in [5, 5.41) is 0.771. The maximum Gasteiger partial charge on any atom is 0.0775 e. The third-order valence-corrected chi connectivity index (χ3v) is 2.92. The molecular formula is C10H12ClNO. The predicted molar refractivity (Wildman–Crippen MR) is 52.5 cm³/mol. The first kappa shape index (κ1) is 9.00. The van der Waals surface area contributed by atoms with Crippen LogP contribution in [0.15, 0.2) is 24.3 Å². The van der Waals surface area contributed by atoms with Crippen LogP contribution in [0.1, 0.15) is 18.4 Å². The molecule has 1 saturated carbocycles. The highest BCUT2D eigenvalue weighted by Gasteiger charge is 2.44. The SMILES string of the molecule is NOCC1(c2ccc(Cl)cc2)CC1. The molecule has 0 heterocycles. The average molecular weight is 198 g/mol. The van der Waals surface area contributed by atoms with E-state index in [0.717, 1.165) is 17.9 Å². The van der Waals surface area contributed by atoms with Gasteiger partial charge in [-0.25, -0.2) is 5.90 Å². The van der Waals surface area contributed by atoms with Crippen LogP contribution >= 0.6 is 11.6 Å². The first-order valence-corrected chi connectivity index (χ1v) is 4.72. The van der Waals surface area contributed by atoms with Gasteiger partial charge in [0.1, 0.15) is 0 Å². The summed E-state index contributed by atoms with van der Waals surface area (Å²) >= 11 is 5.80. The zero-order valence-electron chi connectivity index (χ0n) is 7.29. The van der Waals surface area contributed by atoms with Gasteiger partial charge in [0.05, 0.1) is 6.61 Å². The molecule has 0 unspecified atom stereocenters. The number of halogens is 1. The van der Waals surface area contributed by atoms with E-state index in [-0.39, 0.29) is 5.41 Å². The Labute approximate surface area is 82.6 Å². The highest BCUT2D eigenvalue weighted by molar-refractivity contribution is 6.30. The minimum atomic E-state index is 0.180. The number of nitrogens with two attached hydrogens (primary N) is 1. The van der Waals surface area contributed by atoms with Crippen LogP contribution in [-0.2, 0) is 10.3 Å². The average Bonchev–Trinajstić information content (AvgIpc) is 2.87. The Morgan fingerprint density at radius 3 is 2.38 bits per heavy atom. The zero-order chi connectivity index (χ0) is 9.31. The molecule has 0 aliphatic heterocycles. The first-order chi connectivity index (χ1) is 6.27. The molecule has 0 radical (unpaired) electrons. The molecule has 2 rings (SSSR count). The van der Waals surface area contributed by atoms with Gasteiger partial charge >= 0.3 is 0 Å². The van der Waals surface area contributed by atoms with E-state index in [1.165, 1.54) is 5.56 Å².